The molecule has 2 aromatic rings. The SMILES string of the molecule is CC(=O)N[C@H]1CC[C@@H](Nc2nc(N(C)C)c3ccccc3n2)CC1. The Morgan fingerprint density at radius 2 is 1.75 bits per heavy atom. The fourth-order valence-electron chi connectivity index (χ4n) is 3.32. The molecule has 0 atom stereocenters. The number of anilines is 2. The number of nitrogens with zero attached hydrogens (tertiary/aromatic N) is 3. The van der Waals surface area contributed by atoms with Crippen molar-refractivity contribution in [2.75, 3.05) is 24.3 Å². The van der Waals surface area contributed by atoms with Gasteiger partial charge in [0, 0.05) is 38.5 Å². The van der Waals surface area contributed by atoms with Crippen LogP contribution < -0.4 is 15.5 Å². The maximum Gasteiger partial charge on any atom is 0.225 e. The summed E-state index contributed by atoms with van der Waals surface area (Å²) in [4.78, 5) is 22.5. The first-order valence-electron chi connectivity index (χ1n) is 8.50. The molecule has 128 valence electrons. The third-order valence-corrected chi connectivity index (χ3v) is 4.47. The van der Waals surface area contributed by atoms with Gasteiger partial charge in [-0.25, -0.2) is 4.98 Å². The minimum atomic E-state index is 0.0555. The number of carbonyl (C=O) groups is 1. The molecule has 0 radical (unpaired) electrons. The number of para-hydroxylation sites is 1. The second-order valence-corrected chi connectivity index (χ2v) is 6.68. The molecule has 6 nitrogen and oxygen atoms in total. The van der Waals surface area contributed by atoms with E-state index in [0.717, 1.165) is 42.4 Å². The minimum Gasteiger partial charge on any atom is -0.362 e. The zero-order valence-corrected chi connectivity index (χ0v) is 14.5. The van der Waals surface area contributed by atoms with Crippen LogP contribution in [0.1, 0.15) is 32.6 Å². The Kier molecular flexibility index (Phi) is 4.83. The molecule has 1 heterocycles. The maximum absolute atomic E-state index is 11.2. The number of nitrogens with one attached hydrogen (secondary N) is 2. The van der Waals surface area contributed by atoms with E-state index >= 15 is 0 Å². The van der Waals surface area contributed by atoms with Gasteiger partial charge in [-0.1, -0.05) is 12.1 Å². The first-order valence-corrected chi connectivity index (χ1v) is 8.50. The van der Waals surface area contributed by atoms with Crippen LogP contribution in [0.5, 0.6) is 0 Å². The fraction of sp³-hybridized carbons (Fsp3) is 0.500. The van der Waals surface area contributed by atoms with Crippen molar-refractivity contribution in [3.63, 3.8) is 0 Å². The summed E-state index contributed by atoms with van der Waals surface area (Å²) < 4.78 is 0. The number of fused-ring (bicyclic) bond motifs is 1. The molecule has 3 rings (SSSR count). The van der Waals surface area contributed by atoms with Gasteiger partial charge in [0.25, 0.3) is 0 Å². The van der Waals surface area contributed by atoms with Gasteiger partial charge in [0.1, 0.15) is 5.82 Å². The van der Waals surface area contributed by atoms with E-state index < -0.39 is 0 Å². The Labute approximate surface area is 142 Å². The van der Waals surface area contributed by atoms with Gasteiger partial charge in [-0.05, 0) is 37.8 Å². The monoisotopic (exact) mass is 327 g/mol. The summed E-state index contributed by atoms with van der Waals surface area (Å²) in [6.45, 7) is 1.58. The fourth-order valence-corrected chi connectivity index (χ4v) is 3.32. The van der Waals surface area contributed by atoms with E-state index in [1.165, 1.54) is 0 Å². The first-order chi connectivity index (χ1) is 11.5. The molecule has 0 spiro atoms. The van der Waals surface area contributed by atoms with Crippen LogP contribution in [0.25, 0.3) is 10.9 Å². The van der Waals surface area contributed by atoms with Crippen LogP contribution in [0.2, 0.25) is 0 Å². The van der Waals surface area contributed by atoms with Crippen LogP contribution in [0, 0.1) is 0 Å². The lowest BCUT2D eigenvalue weighted by molar-refractivity contribution is -0.119. The van der Waals surface area contributed by atoms with Gasteiger partial charge in [-0.15, -0.1) is 0 Å². The average Bonchev–Trinajstić information content (AvgIpc) is 2.55. The average molecular weight is 327 g/mol. The molecule has 24 heavy (non-hydrogen) atoms. The van der Waals surface area contributed by atoms with E-state index in [1.54, 1.807) is 6.92 Å². The van der Waals surface area contributed by atoms with E-state index in [-0.39, 0.29) is 5.91 Å². The van der Waals surface area contributed by atoms with Crippen molar-refractivity contribution in [3.05, 3.63) is 24.3 Å². The van der Waals surface area contributed by atoms with Crippen LogP contribution in [0.3, 0.4) is 0 Å². The van der Waals surface area contributed by atoms with Crippen molar-refractivity contribution in [1.29, 1.82) is 0 Å². The highest BCUT2D eigenvalue weighted by atomic mass is 16.1. The molecule has 1 saturated carbocycles. The van der Waals surface area contributed by atoms with E-state index in [4.69, 9.17) is 4.98 Å². The van der Waals surface area contributed by atoms with Crippen molar-refractivity contribution in [3.8, 4) is 0 Å². The number of rotatable bonds is 4. The largest absolute Gasteiger partial charge is 0.362 e. The van der Waals surface area contributed by atoms with Crippen molar-refractivity contribution in [2.45, 2.75) is 44.7 Å². The van der Waals surface area contributed by atoms with E-state index in [0.29, 0.717) is 18.0 Å². The predicted molar refractivity (Wildman–Crippen MR) is 97.3 cm³/mol. The molecule has 2 N–H and O–H groups in total. The lowest BCUT2D eigenvalue weighted by Crippen LogP contribution is -2.39. The molecule has 1 aliphatic rings. The number of aromatic nitrogens is 2. The van der Waals surface area contributed by atoms with Crippen LogP contribution in [-0.4, -0.2) is 42.1 Å². The van der Waals surface area contributed by atoms with Crippen molar-refractivity contribution < 1.29 is 4.79 Å². The second kappa shape index (κ2) is 7.03. The molecular formula is C18H25N5O. The predicted octanol–water partition coefficient (Wildman–Crippen LogP) is 2.55. The van der Waals surface area contributed by atoms with Crippen LogP contribution in [0.4, 0.5) is 11.8 Å². The Balaban J connectivity index is 1.73. The number of hydrogen-bond acceptors (Lipinski definition) is 5. The Morgan fingerprint density at radius 3 is 2.42 bits per heavy atom. The zero-order chi connectivity index (χ0) is 17.1. The first kappa shape index (κ1) is 16.5. The number of amides is 1. The Morgan fingerprint density at radius 1 is 1.08 bits per heavy atom. The third-order valence-electron chi connectivity index (χ3n) is 4.47. The smallest absolute Gasteiger partial charge is 0.225 e. The summed E-state index contributed by atoms with van der Waals surface area (Å²) >= 11 is 0. The lowest BCUT2D eigenvalue weighted by atomic mass is 9.91. The second-order valence-electron chi connectivity index (χ2n) is 6.68. The highest BCUT2D eigenvalue weighted by Gasteiger charge is 2.22. The quantitative estimate of drug-likeness (QED) is 0.903. The Hall–Kier alpha value is -2.37. The summed E-state index contributed by atoms with van der Waals surface area (Å²) in [6, 6.07) is 8.73. The zero-order valence-electron chi connectivity index (χ0n) is 14.5. The number of hydrogen-bond donors (Lipinski definition) is 2. The summed E-state index contributed by atoms with van der Waals surface area (Å²) in [6.07, 6.45) is 4.01. The lowest BCUT2D eigenvalue weighted by Gasteiger charge is -2.29. The molecule has 1 fully saturated rings. The molecule has 6 heteroatoms. The van der Waals surface area contributed by atoms with Crippen LogP contribution in [0.15, 0.2) is 24.3 Å². The van der Waals surface area contributed by atoms with Crippen molar-refractivity contribution >= 4 is 28.6 Å². The van der Waals surface area contributed by atoms with Gasteiger partial charge in [0.2, 0.25) is 11.9 Å². The molecular weight excluding hydrogens is 302 g/mol. The van der Waals surface area contributed by atoms with E-state index in [2.05, 4.69) is 15.6 Å². The van der Waals surface area contributed by atoms with Crippen molar-refractivity contribution in [1.82, 2.24) is 15.3 Å². The topological polar surface area (TPSA) is 70.2 Å². The Bertz CT molecular complexity index is 722. The molecule has 1 aromatic carbocycles. The van der Waals surface area contributed by atoms with Crippen LogP contribution >= 0.6 is 0 Å². The van der Waals surface area contributed by atoms with Crippen LogP contribution in [-0.2, 0) is 4.79 Å². The molecule has 1 amide bonds. The highest BCUT2D eigenvalue weighted by molar-refractivity contribution is 5.90. The van der Waals surface area contributed by atoms with E-state index in [9.17, 15) is 4.79 Å². The third kappa shape index (κ3) is 3.75. The molecule has 0 bridgehead atoms. The normalized spacial score (nSPS) is 20.6. The highest BCUT2D eigenvalue weighted by Crippen LogP contribution is 2.26. The van der Waals surface area contributed by atoms with Crippen molar-refractivity contribution in [2.24, 2.45) is 0 Å². The molecule has 0 unspecified atom stereocenters. The van der Waals surface area contributed by atoms with E-state index in [1.807, 2.05) is 43.3 Å². The molecule has 0 aliphatic heterocycles. The van der Waals surface area contributed by atoms with Gasteiger partial charge in [-0.3, -0.25) is 4.79 Å². The van der Waals surface area contributed by atoms with Gasteiger partial charge < -0.3 is 15.5 Å². The van der Waals surface area contributed by atoms with Gasteiger partial charge in [-0.2, -0.15) is 4.98 Å². The number of carbonyl (C=O) groups excluding carboxylic acids is 1. The molecule has 1 aromatic heterocycles. The summed E-state index contributed by atoms with van der Waals surface area (Å²) in [5.41, 5.74) is 0.950. The summed E-state index contributed by atoms with van der Waals surface area (Å²) in [5, 5.41) is 7.55. The maximum atomic E-state index is 11.2. The van der Waals surface area contributed by atoms with Gasteiger partial charge >= 0.3 is 0 Å². The summed E-state index contributed by atoms with van der Waals surface area (Å²) in [5.74, 6) is 1.66. The molecule has 1 aliphatic carbocycles. The van der Waals surface area contributed by atoms with Gasteiger partial charge in [0.15, 0.2) is 0 Å². The summed E-state index contributed by atoms with van der Waals surface area (Å²) in [7, 11) is 3.99. The number of benzene rings is 1. The minimum absolute atomic E-state index is 0.0555. The van der Waals surface area contributed by atoms with Gasteiger partial charge in [0.05, 0.1) is 5.52 Å². The molecule has 0 saturated heterocycles. The standard InChI is InChI=1S/C18H25N5O/c1-12(24)19-13-8-10-14(11-9-13)20-18-21-16-7-5-4-6-15(16)17(22-18)23(2)3/h4-7,13-14H,8-11H2,1-3H3,(H,19,24)(H,20,21,22)/t13-,14+.